The highest BCUT2D eigenvalue weighted by molar-refractivity contribution is 5.81. The second kappa shape index (κ2) is 3.95. The molecule has 3 nitrogen and oxygen atoms in total. The van der Waals surface area contributed by atoms with Crippen molar-refractivity contribution in [2.75, 3.05) is 19.6 Å². The van der Waals surface area contributed by atoms with Gasteiger partial charge in [0.1, 0.15) is 0 Å². The third-order valence-electron chi connectivity index (χ3n) is 1.97. The molecule has 1 saturated heterocycles. The lowest BCUT2D eigenvalue weighted by Crippen LogP contribution is -2.39. The summed E-state index contributed by atoms with van der Waals surface area (Å²) in [4.78, 5) is 10.4. The van der Waals surface area contributed by atoms with E-state index in [1.807, 2.05) is 5.32 Å². The fourth-order valence-corrected chi connectivity index (χ4v) is 1.23. The van der Waals surface area contributed by atoms with E-state index in [9.17, 15) is 18.0 Å². The predicted molar refractivity (Wildman–Crippen MR) is 40.0 cm³/mol. The summed E-state index contributed by atoms with van der Waals surface area (Å²) in [5.74, 6) is -1.72. The first-order valence-corrected chi connectivity index (χ1v) is 4.06. The Morgan fingerprint density at radius 3 is 2.69 bits per heavy atom. The fourth-order valence-electron chi connectivity index (χ4n) is 1.23. The first-order chi connectivity index (χ1) is 6.00. The number of halogens is 3. The van der Waals surface area contributed by atoms with Crippen molar-refractivity contribution in [1.29, 1.82) is 0 Å². The average Bonchev–Trinajstić information content (AvgIpc) is 2.50. The number of hydrogen-bond donors (Lipinski definition) is 2. The summed E-state index contributed by atoms with van der Waals surface area (Å²) < 4.78 is 35.1. The Hall–Kier alpha value is -0.780. The van der Waals surface area contributed by atoms with Crippen LogP contribution in [-0.2, 0) is 4.79 Å². The summed E-state index contributed by atoms with van der Waals surface area (Å²) in [5, 5.41) is 4.86. The fraction of sp³-hybridized carbons (Fsp3) is 0.857. The third kappa shape index (κ3) is 3.22. The molecule has 13 heavy (non-hydrogen) atoms. The van der Waals surface area contributed by atoms with Gasteiger partial charge in [0.25, 0.3) is 0 Å². The van der Waals surface area contributed by atoms with Crippen molar-refractivity contribution < 1.29 is 18.0 Å². The van der Waals surface area contributed by atoms with E-state index in [4.69, 9.17) is 0 Å². The summed E-state index contributed by atoms with van der Waals surface area (Å²) >= 11 is 0. The van der Waals surface area contributed by atoms with Gasteiger partial charge in [0, 0.05) is 6.54 Å². The molecule has 0 aromatic rings. The average molecular weight is 196 g/mol. The Kier molecular flexibility index (Phi) is 3.13. The number of amides is 1. The second-order valence-electron chi connectivity index (χ2n) is 3.07. The highest BCUT2D eigenvalue weighted by Gasteiger charge is 2.38. The van der Waals surface area contributed by atoms with E-state index in [0.717, 1.165) is 13.0 Å². The zero-order valence-corrected chi connectivity index (χ0v) is 6.95. The molecule has 1 fully saturated rings. The van der Waals surface area contributed by atoms with Crippen LogP contribution in [0.4, 0.5) is 13.2 Å². The maximum Gasteiger partial charge on any atom is 0.471 e. The van der Waals surface area contributed by atoms with Crippen LogP contribution in [0, 0.1) is 5.92 Å². The third-order valence-corrected chi connectivity index (χ3v) is 1.97. The summed E-state index contributed by atoms with van der Waals surface area (Å²) in [5.41, 5.74) is 0. The van der Waals surface area contributed by atoms with Gasteiger partial charge in [-0.15, -0.1) is 0 Å². The lowest BCUT2D eigenvalue weighted by Gasteiger charge is -2.11. The van der Waals surface area contributed by atoms with Gasteiger partial charge in [-0.25, -0.2) is 0 Å². The molecule has 0 radical (unpaired) electrons. The SMILES string of the molecule is O=C(NC[C@H]1CCNC1)C(F)(F)F. The zero-order chi connectivity index (χ0) is 9.90. The molecular weight excluding hydrogens is 185 g/mol. The minimum absolute atomic E-state index is 0.103. The molecule has 0 aromatic heterocycles. The van der Waals surface area contributed by atoms with Crippen molar-refractivity contribution in [3.05, 3.63) is 0 Å². The molecular formula is C7H11F3N2O. The maximum absolute atomic E-state index is 11.7. The van der Waals surface area contributed by atoms with E-state index in [0.29, 0.717) is 6.54 Å². The van der Waals surface area contributed by atoms with Gasteiger partial charge in [0.2, 0.25) is 0 Å². The van der Waals surface area contributed by atoms with Crippen LogP contribution in [-0.4, -0.2) is 31.7 Å². The van der Waals surface area contributed by atoms with Crippen LogP contribution >= 0.6 is 0 Å². The van der Waals surface area contributed by atoms with Gasteiger partial charge >= 0.3 is 12.1 Å². The van der Waals surface area contributed by atoms with Crippen molar-refractivity contribution in [3.8, 4) is 0 Å². The summed E-state index contributed by atoms with van der Waals surface area (Å²) in [6.07, 6.45) is -3.94. The van der Waals surface area contributed by atoms with Crippen LogP contribution in [0.2, 0.25) is 0 Å². The van der Waals surface area contributed by atoms with Crippen LogP contribution < -0.4 is 10.6 Å². The molecule has 0 aromatic carbocycles. The molecule has 0 spiro atoms. The molecule has 0 unspecified atom stereocenters. The van der Waals surface area contributed by atoms with E-state index >= 15 is 0 Å². The van der Waals surface area contributed by atoms with Crippen LogP contribution in [0.3, 0.4) is 0 Å². The second-order valence-corrected chi connectivity index (χ2v) is 3.07. The number of carbonyl (C=O) groups is 1. The predicted octanol–water partition coefficient (Wildman–Crippen LogP) is 0.274. The molecule has 2 N–H and O–H groups in total. The standard InChI is InChI=1S/C7H11F3N2O/c8-7(9,10)6(13)12-4-5-1-2-11-3-5/h5,11H,1-4H2,(H,12,13)/t5-/m0/s1. The Morgan fingerprint density at radius 1 is 1.54 bits per heavy atom. The molecule has 0 saturated carbocycles. The molecule has 1 rings (SSSR count). The topological polar surface area (TPSA) is 41.1 Å². The molecule has 1 aliphatic rings. The van der Waals surface area contributed by atoms with Gasteiger partial charge in [0.15, 0.2) is 0 Å². The van der Waals surface area contributed by atoms with Crippen LogP contribution in [0.5, 0.6) is 0 Å². The van der Waals surface area contributed by atoms with Gasteiger partial charge in [0.05, 0.1) is 0 Å². The van der Waals surface area contributed by atoms with E-state index < -0.39 is 12.1 Å². The van der Waals surface area contributed by atoms with E-state index in [1.165, 1.54) is 0 Å². The Morgan fingerprint density at radius 2 is 2.23 bits per heavy atom. The van der Waals surface area contributed by atoms with Gasteiger partial charge in [-0.1, -0.05) is 0 Å². The lowest BCUT2D eigenvalue weighted by molar-refractivity contribution is -0.173. The number of nitrogens with one attached hydrogen (secondary N) is 2. The Bertz CT molecular complexity index is 187. The van der Waals surface area contributed by atoms with Crippen LogP contribution in [0.15, 0.2) is 0 Å². The largest absolute Gasteiger partial charge is 0.471 e. The van der Waals surface area contributed by atoms with Gasteiger partial charge in [-0.2, -0.15) is 13.2 Å². The van der Waals surface area contributed by atoms with Gasteiger partial charge < -0.3 is 10.6 Å². The number of hydrogen-bond acceptors (Lipinski definition) is 2. The molecule has 6 heteroatoms. The molecule has 0 bridgehead atoms. The molecule has 1 heterocycles. The zero-order valence-electron chi connectivity index (χ0n) is 6.95. The summed E-state index contributed by atoms with van der Waals surface area (Å²) in [7, 11) is 0. The number of carbonyl (C=O) groups excluding carboxylic acids is 1. The Labute approximate surface area is 73.7 Å². The first-order valence-electron chi connectivity index (χ1n) is 4.06. The lowest BCUT2D eigenvalue weighted by atomic mass is 10.1. The quantitative estimate of drug-likeness (QED) is 0.665. The van der Waals surface area contributed by atoms with E-state index in [-0.39, 0.29) is 12.5 Å². The minimum atomic E-state index is -4.76. The minimum Gasteiger partial charge on any atom is -0.348 e. The van der Waals surface area contributed by atoms with Crippen LogP contribution in [0.1, 0.15) is 6.42 Å². The molecule has 0 aliphatic carbocycles. The van der Waals surface area contributed by atoms with Gasteiger partial charge in [-0.3, -0.25) is 4.79 Å². The Balaban J connectivity index is 2.22. The normalized spacial score (nSPS) is 23.2. The number of alkyl halides is 3. The monoisotopic (exact) mass is 196 g/mol. The van der Waals surface area contributed by atoms with Crippen molar-refractivity contribution in [3.63, 3.8) is 0 Å². The van der Waals surface area contributed by atoms with Crippen molar-refractivity contribution in [2.45, 2.75) is 12.6 Å². The van der Waals surface area contributed by atoms with E-state index in [1.54, 1.807) is 0 Å². The molecule has 1 amide bonds. The smallest absolute Gasteiger partial charge is 0.348 e. The molecule has 76 valence electrons. The maximum atomic E-state index is 11.7. The molecule has 1 aliphatic heterocycles. The number of rotatable bonds is 2. The highest BCUT2D eigenvalue weighted by Crippen LogP contribution is 2.14. The summed E-state index contributed by atoms with van der Waals surface area (Å²) in [6.45, 7) is 1.59. The van der Waals surface area contributed by atoms with Crippen molar-refractivity contribution in [1.82, 2.24) is 10.6 Å². The molecule has 1 atom stereocenters. The van der Waals surface area contributed by atoms with Crippen molar-refractivity contribution >= 4 is 5.91 Å². The van der Waals surface area contributed by atoms with Crippen LogP contribution in [0.25, 0.3) is 0 Å². The highest BCUT2D eigenvalue weighted by atomic mass is 19.4. The van der Waals surface area contributed by atoms with E-state index in [2.05, 4.69) is 5.32 Å². The van der Waals surface area contributed by atoms with Gasteiger partial charge in [-0.05, 0) is 25.4 Å². The first kappa shape index (κ1) is 10.3. The van der Waals surface area contributed by atoms with Crippen molar-refractivity contribution in [2.24, 2.45) is 5.92 Å². The summed E-state index contributed by atoms with van der Waals surface area (Å²) in [6, 6.07) is 0.